The number of hydroxylamine groups is 2. The summed E-state index contributed by atoms with van der Waals surface area (Å²) in [4.78, 5) is 11.5. The third kappa shape index (κ3) is 1.58. The van der Waals surface area contributed by atoms with Crippen molar-refractivity contribution < 1.29 is 14.7 Å². The molecule has 1 N–H and O–H groups in total. The summed E-state index contributed by atoms with van der Waals surface area (Å²) in [5.41, 5.74) is -1.01. The van der Waals surface area contributed by atoms with Crippen LogP contribution < -0.4 is 0 Å². The van der Waals surface area contributed by atoms with Crippen LogP contribution in [0.3, 0.4) is 0 Å². The average molecular weight is 253 g/mol. The van der Waals surface area contributed by atoms with Gasteiger partial charge in [-0.15, -0.1) is 5.06 Å². The number of esters is 1. The SMILES string of the molecule is COC(=O)C1(C#N)C(c2ccc(Cl)cc2)N1O. The van der Waals surface area contributed by atoms with E-state index < -0.39 is 17.6 Å². The smallest absolute Gasteiger partial charge is 0.345 e. The molecule has 1 aliphatic rings. The van der Waals surface area contributed by atoms with Crippen molar-refractivity contribution in [1.82, 2.24) is 5.06 Å². The fraction of sp³-hybridized carbons (Fsp3) is 0.273. The molecule has 3 unspecified atom stereocenters. The van der Waals surface area contributed by atoms with E-state index in [1.54, 1.807) is 30.3 Å². The molecule has 1 aromatic rings. The molecule has 1 fully saturated rings. The van der Waals surface area contributed by atoms with Gasteiger partial charge in [-0.25, -0.2) is 4.79 Å². The number of benzene rings is 1. The van der Waals surface area contributed by atoms with Crippen LogP contribution in [0.15, 0.2) is 24.3 Å². The molecule has 17 heavy (non-hydrogen) atoms. The van der Waals surface area contributed by atoms with Crippen LogP contribution in [0.25, 0.3) is 0 Å². The van der Waals surface area contributed by atoms with Gasteiger partial charge in [0.05, 0.1) is 7.11 Å². The molecule has 0 amide bonds. The van der Waals surface area contributed by atoms with E-state index in [9.17, 15) is 10.0 Å². The van der Waals surface area contributed by atoms with Crippen molar-refractivity contribution in [2.24, 2.45) is 0 Å². The van der Waals surface area contributed by atoms with Crippen molar-refractivity contribution in [3.8, 4) is 6.07 Å². The van der Waals surface area contributed by atoms with Crippen molar-refractivity contribution in [2.75, 3.05) is 7.11 Å². The molecule has 6 heteroatoms. The Kier molecular flexibility index (Phi) is 2.79. The lowest BCUT2D eigenvalue weighted by molar-refractivity contribution is -0.147. The summed E-state index contributed by atoms with van der Waals surface area (Å²) in [6.45, 7) is 0. The van der Waals surface area contributed by atoms with Gasteiger partial charge in [0.2, 0.25) is 0 Å². The number of rotatable bonds is 2. The minimum Gasteiger partial charge on any atom is -0.467 e. The van der Waals surface area contributed by atoms with Crippen molar-refractivity contribution in [3.63, 3.8) is 0 Å². The van der Waals surface area contributed by atoms with E-state index in [1.165, 1.54) is 7.11 Å². The van der Waals surface area contributed by atoms with Crippen LogP contribution >= 0.6 is 11.6 Å². The Morgan fingerprint density at radius 1 is 1.59 bits per heavy atom. The highest BCUT2D eigenvalue weighted by molar-refractivity contribution is 6.30. The van der Waals surface area contributed by atoms with Crippen LogP contribution in [0, 0.1) is 11.3 Å². The summed E-state index contributed by atoms with van der Waals surface area (Å²) in [5, 5.41) is 19.9. The minimum atomic E-state index is -1.64. The molecule has 88 valence electrons. The van der Waals surface area contributed by atoms with E-state index in [0.29, 0.717) is 15.6 Å². The van der Waals surface area contributed by atoms with Crippen molar-refractivity contribution in [2.45, 2.75) is 11.6 Å². The van der Waals surface area contributed by atoms with Crippen molar-refractivity contribution in [3.05, 3.63) is 34.9 Å². The lowest BCUT2D eigenvalue weighted by Gasteiger charge is -2.02. The predicted molar refractivity (Wildman–Crippen MR) is 58.2 cm³/mol. The van der Waals surface area contributed by atoms with Gasteiger partial charge in [-0.2, -0.15) is 5.26 Å². The topological polar surface area (TPSA) is 73.3 Å². The lowest BCUT2D eigenvalue weighted by Crippen LogP contribution is -2.28. The molecule has 2 rings (SSSR count). The molecule has 1 saturated heterocycles. The number of hydrogen-bond acceptors (Lipinski definition) is 5. The Morgan fingerprint density at radius 2 is 2.18 bits per heavy atom. The van der Waals surface area contributed by atoms with Gasteiger partial charge >= 0.3 is 5.97 Å². The first-order valence-corrected chi connectivity index (χ1v) is 5.19. The van der Waals surface area contributed by atoms with Crippen LogP contribution in [-0.4, -0.2) is 28.9 Å². The van der Waals surface area contributed by atoms with Crippen LogP contribution in [0.5, 0.6) is 0 Å². The van der Waals surface area contributed by atoms with Crippen LogP contribution in [0.2, 0.25) is 5.02 Å². The number of nitrogens with zero attached hydrogens (tertiary/aromatic N) is 2. The zero-order chi connectivity index (χ0) is 12.6. The zero-order valence-corrected chi connectivity index (χ0v) is 9.68. The summed E-state index contributed by atoms with van der Waals surface area (Å²) in [6.07, 6.45) is 0. The molecule has 3 atom stereocenters. The fourth-order valence-corrected chi connectivity index (χ4v) is 1.95. The molecule has 1 aliphatic heterocycles. The molecule has 0 bridgehead atoms. The van der Waals surface area contributed by atoms with Gasteiger partial charge in [0.25, 0.3) is 5.54 Å². The molecule has 0 aliphatic carbocycles. The summed E-state index contributed by atoms with van der Waals surface area (Å²) in [6, 6.07) is 7.63. The highest BCUT2D eigenvalue weighted by Crippen LogP contribution is 2.51. The van der Waals surface area contributed by atoms with Crippen LogP contribution in [0.4, 0.5) is 0 Å². The number of halogens is 1. The number of carbonyl (C=O) groups excluding carboxylic acids is 1. The number of carbonyl (C=O) groups is 1. The van der Waals surface area contributed by atoms with Crippen molar-refractivity contribution >= 4 is 17.6 Å². The molecule has 0 aromatic heterocycles. The van der Waals surface area contributed by atoms with Gasteiger partial charge in [-0.1, -0.05) is 23.7 Å². The molecule has 5 nitrogen and oxygen atoms in total. The Balaban J connectivity index is 2.34. The third-order valence-corrected chi connectivity index (χ3v) is 3.04. The first-order valence-electron chi connectivity index (χ1n) is 4.81. The highest BCUT2D eigenvalue weighted by Gasteiger charge is 2.71. The zero-order valence-electron chi connectivity index (χ0n) is 8.92. The molecule has 0 saturated carbocycles. The summed E-state index contributed by atoms with van der Waals surface area (Å²) in [7, 11) is 1.17. The van der Waals surface area contributed by atoms with Gasteiger partial charge in [-0.05, 0) is 17.7 Å². The van der Waals surface area contributed by atoms with E-state index in [1.807, 2.05) is 0 Å². The summed E-state index contributed by atoms with van der Waals surface area (Å²) >= 11 is 5.74. The predicted octanol–water partition coefficient (Wildman–Crippen LogP) is 1.52. The van der Waals surface area contributed by atoms with Gasteiger partial charge < -0.3 is 9.94 Å². The molecular formula is C11H9ClN2O3. The monoisotopic (exact) mass is 252 g/mol. The van der Waals surface area contributed by atoms with E-state index in [2.05, 4.69) is 4.74 Å². The van der Waals surface area contributed by atoms with E-state index in [-0.39, 0.29) is 0 Å². The third-order valence-electron chi connectivity index (χ3n) is 2.79. The molecule has 0 radical (unpaired) electrons. The summed E-state index contributed by atoms with van der Waals surface area (Å²) in [5.74, 6) is -0.776. The van der Waals surface area contributed by atoms with Gasteiger partial charge in [0.1, 0.15) is 12.1 Å². The van der Waals surface area contributed by atoms with E-state index in [0.717, 1.165) is 0 Å². The second kappa shape index (κ2) is 4.00. The first kappa shape index (κ1) is 11.9. The van der Waals surface area contributed by atoms with Crippen molar-refractivity contribution in [1.29, 1.82) is 5.26 Å². The Bertz CT molecular complexity index is 496. The molecule has 1 aromatic carbocycles. The Hall–Kier alpha value is -1.61. The molecule has 0 spiro atoms. The second-order valence-electron chi connectivity index (χ2n) is 3.67. The standard InChI is InChI=1S/C11H9ClN2O3/c1-17-10(15)11(6-13)9(14(11)16)7-2-4-8(12)5-3-7/h2-5,9,16H,1H3. The number of methoxy groups -OCH3 is 1. The largest absolute Gasteiger partial charge is 0.467 e. The molecular weight excluding hydrogens is 244 g/mol. The Morgan fingerprint density at radius 3 is 2.65 bits per heavy atom. The van der Waals surface area contributed by atoms with E-state index >= 15 is 0 Å². The van der Waals surface area contributed by atoms with Crippen LogP contribution in [-0.2, 0) is 9.53 Å². The first-order chi connectivity index (χ1) is 8.07. The van der Waals surface area contributed by atoms with Crippen LogP contribution in [0.1, 0.15) is 11.6 Å². The van der Waals surface area contributed by atoms with Gasteiger partial charge in [0, 0.05) is 5.02 Å². The highest BCUT2D eigenvalue weighted by atomic mass is 35.5. The number of nitriles is 1. The Labute approximate surface area is 103 Å². The average Bonchev–Trinajstić information content (AvgIpc) is 2.95. The fourth-order valence-electron chi connectivity index (χ4n) is 1.83. The van der Waals surface area contributed by atoms with Gasteiger partial charge in [-0.3, -0.25) is 0 Å². The molecule has 1 heterocycles. The lowest BCUT2D eigenvalue weighted by atomic mass is 10.0. The number of hydrogen-bond donors (Lipinski definition) is 1. The van der Waals surface area contributed by atoms with E-state index in [4.69, 9.17) is 16.9 Å². The maximum absolute atomic E-state index is 11.5. The minimum absolute atomic E-state index is 0.541. The van der Waals surface area contributed by atoms with Gasteiger partial charge in [0.15, 0.2) is 0 Å². The maximum Gasteiger partial charge on any atom is 0.345 e. The quantitative estimate of drug-likeness (QED) is 0.638. The second-order valence-corrected chi connectivity index (χ2v) is 4.10. The maximum atomic E-state index is 11.5. The normalized spacial score (nSPS) is 30.5. The summed E-state index contributed by atoms with van der Waals surface area (Å²) < 4.78 is 4.53. The number of ether oxygens (including phenoxy) is 1.